The Kier molecular flexibility index (Phi) is 6.46. The van der Waals surface area contributed by atoms with Crippen LogP contribution in [0.25, 0.3) is 22.0 Å². The van der Waals surface area contributed by atoms with Crippen molar-refractivity contribution >= 4 is 16.8 Å². The second-order valence-electron chi connectivity index (χ2n) is 8.55. The topological polar surface area (TPSA) is 81.7 Å². The van der Waals surface area contributed by atoms with E-state index in [9.17, 15) is 9.90 Å². The zero-order valence-electron chi connectivity index (χ0n) is 18.8. The molecular formula is C25H30N4O3. The molecule has 3 aromatic rings. The van der Waals surface area contributed by atoms with Crippen molar-refractivity contribution in [3.8, 4) is 22.6 Å². The molecule has 0 unspecified atom stereocenters. The third kappa shape index (κ3) is 4.78. The van der Waals surface area contributed by atoms with Crippen molar-refractivity contribution in [2.24, 2.45) is 0 Å². The lowest BCUT2D eigenvalue weighted by molar-refractivity contribution is -0.132. The smallest absolute Gasteiger partial charge is 0.246 e. The third-order valence-electron chi connectivity index (χ3n) is 5.91. The largest absolute Gasteiger partial charge is 0.508 e. The van der Waals surface area contributed by atoms with Crippen molar-refractivity contribution in [1.82, 2.24) is 20.0 Å². The number of H-pyrrole nitrogens is 1. The van der Waals surface area contributed by atoms with Gasteiger partial charge in [0.05, 0.1) is 17.1 Å². The van der Waals surface area contributed by atoms with Crippen molar-refractivity contribution in [2.45, 2.75) is 31.9 Å². The zero-order valence-corrected chi connectivity index (χ0v) is 18.8. The molecule has 2 N–H and O–H groups in total. The first-order valence-electron chi connectivity index (χ1n) is 11.0. The van der Waals surface area contributed by atoms with E-state index in [2.05, 4.69) is 15.1 Å². The number of aromatic hydroxyl groups is 1. The molecule has 1 aliphatic rings. The van der Waals surface area contributed by atoms with Crippen LogP contribution in [0.15, 0.2) is 54.7 Å². The van der Waals surface area contributed by atoms with E-state index in [4.69, 9.17) is 4.74 Å². The van der Waals surface area contributed by atoms with Crippen LogP contribution in [0.2, 0.25) is 0 Å². The minimum atomic E-state index is 0.0495. The normalized spacial score (nSPS) is 18.2. The number of hydrogen-bond donors (Lipinski definition) is 2. The predicted molar refractivity (Wildman–Crippen MR) is 126 cm³/mol. The van der Waals surface area contributed by atoms with E-state index in [1.807, 2.05) is 50.2 Å². The second-order valence-corrected chi connectivity index (χ2v) is 8.55. The van der Waals surface area contributed by atoms with Gasteiger partial charge in [0.15, 0.2) is 0 Å². The minimum absolute atomic E-state index is 0.0495. The summed E-state index contributed by atoms with van der Waals surface area (Å²) in [6, 6.07) is 11.3. The number of phenolic OH excluding ortho intramolecular Hbond substituents is 1. The summed E-state index contributed by atoms with van der Waals surface area (Å²) in [5.41, 5.74) is 2.88. The highest BCUT2D eigenvalue weighted by Gasteiger charge is 2.37. The monoisotopic (exact) mass is 434 g/mol. The molecule has 1 heterocycles. The summed E-state index contributed by atoms with van der Waals surface area (Å²) in [5.74, 6) is 1.08. The number of fused-ring (bicyclic) bond motifs is 1. The maximum atomic E-state index is 12.6. The zero-order chi connectivity index (χ0) is 22.7. The predicted octanol–water partition coefficient (Wildman–Crippen LogP) is 3.81. The summed E-state index contributed by atoms with van der Waals surface area (Å²) in [6.07, 6.45) is 6.87. The molecule has 168 valence electrons. The van der Waals surface area contributed by atoms with Gasteiger partial charge in [-0.05, 0) is 62.5 Å². The van der Waals surface area contributed by atoms with Crippen molar-refractivity contribution < 1.29 is 14.6 Å². The van der Waals surface area contributed by atoms with Gasteiger partial charge in [-0.25, -0.2) is 0 Å². The number of carbonyl (C=O) groups is 1. The third-order valence-corrected chi connectivity index (χ3v) is 5.91. The number of nitrogens with one attached hydrogen (secondary N) is 1. The molecule has 0 aliphatic heterocycles. The van der Waals surface area contributed by atoms with Gasteiger partial charge in [0.1, 0.15) is 17.6 Å². The van der Waals surface area contributed by atoms with Crippen molar-refractivity contribution in [3.63, 3.8) is 0 Å². The Morgan fingerprint density at radius 1 is 1.19 bits per heavy atom. The van der Waals surface area contributed by atoms with E-state index in [-0.39, 0.29) is 23.8 Å². The van der Waals surface area contributed by atoms with E-state index in [0.29, 0.717) is 6.54 Å². The van der Waals surface area contributed by atoms with Crippen LogP contribution in [0, 0.1) is 0 Å². The molecule has 0 spiro atoms. The molecule has 1 fully saturated rings. The number of phenols is 1. The number of carbonyl (C=O) groups excluding carboxylic acids is 1. The van der Waals surface area contributed by atoms with Gasteiger partial charge in [0, 0.05) is 32.0 Å². The summed E-state index contributed by atoms with van der Waals surface area (Å²) in [7, 11) is 4.03. The van der Waals surface area contributed by atoms with Crippen LogP contribution in [-0.4, -0.2) is 70.3 Å². The average Bonchev–Trinajstić information content (AvgIpc) is 3.21. The Morgan fingerprint density at radius 3 is 2.62 bits per heavy atom. The second kappa shape index (κ2) is 9.44. The fourth-order valence-corrected chi connectivity index (χ4v) is 4.02. The molecule has 1 aromatic heterocycles. The Labute approximate surface area is 188 Å². The first kappa shape index (κ1) is 21.9. The highest BCUT2D eigenvalue weighted by molar-refractivity contribution is 5.90. The van der Waals surface area contributed by atoms with Crippen LogP contribution in [0.1, 0.15) is 19.8 Å². The molecule has 1 amide bonds. The van der Waals surface area contributed by atoms with Crippen molar-refractivity contribution in [2.75, 3.05) is 27.2 Å². The lowest BCUT2D eigenvalue weighted by atomic mass is 9.87. The number of benzene rings is 2. The number of aromatic nitrogens is 2. The van der Waals surface area contributed by atoms with Gasteiger partial charge in [-0.3, -0.25) is 9.89 Å². The van der Waals surface area contributed by atoms with Crippen LogP contribution in [0.4, 0.5) is 0 Å². The maximum absolute atomic E-state index is 12.6. The first-order chi connectivity index (χ1) is 15.4. The van der Waals surface area contributed by atoms with Crippen LogP contribution in [-0.2, 0) is 4.79 Å². The van der Waals surface area contributed by atoms with E-state index in [1.165, 1.54) is 0 Å². The molecular weight excluding hydrogens is 404 g/mol. The number of aromatic amines is 1. The summed E-state index contributed by atoms with van der Waals surface area (Å²) in [4.78, 5) is 16.6. The molecule has 32 heavy (non-hydrogen) atoms. The molecule has 7 nitrogen and oxygen atoms in total. The van der Waals surface area contributed by atoms with Crippen LogP contribution < -0.4 is 4.74 Å². The van der Waals surface area contributed by atoms with Crippen molar-refractivity contribution in [3.05, 3.63) is 54.7 Å². The highest BCUT2D eigenvalue weighted by Crippen LogP contribution is 2.36. The number of allylic oxidation sites excluding steroid dienone is 1. The SMILES string of the molecule is C/C=C/C(=O)N(CCN(C)C)C1CC(Oc2cc(-c3ccc(O)cc3)cc3[nH]ncc23)C1. The number of likely N-dealkylation sites (N-methyl/N-ethyl adjacent to an activating group) is 1. The summed E-state index contributed by atoms with van der Waals surface area (Å²) in [5, 5.41) is 17.7. The quantitative estimate of drug-likeness (QED) is 0.527. The van der Waals surface area contributed by atoms with Crippen LogP contribution in [0.3, 0.4) is 0 Å². The van der Waals surface area contributed by atoms with E-state index in [1.54, 1.807) is 30.5 Å². The lowest BCUT2D eigenvalue weighted by Gasteiger charge is -2.42. The molecule has 2 aromatic carbocycles. The Bertz CT molecular complexity index is 1100. The molecule has 0 atom stereocenters. The van der Waals surface area contributed by atoms with E-state index < -0.39 is 0 Å². The standard InChI is InChI=1S/C25H30N4O3/c1-4-5-25(31)29(11-10-28(2)3)19-14-21(15-19)32-24-13-18(12-23-22(24)16-26-27-23)17-6-8-20(30)9-7-17/h4-9,12-13,16,19,21,30H,10-11,14-15H2,1-3H3,(H,26,27)/b5-4+. The summed E-state index contributed by atoms with van der Waals surface area (Å²) < 4.78 is 6.38. The van der Waals surface area contributed by atoms with Gasteiger partial charge in [0.25, 0.3) is 0 Å². The van der Waals surface area contributed by atoms with Gasteiger partial charge in [-0.2, -0.15) is 5.10 Å². The molecule has 0 bridgehead atoms. The van der Waals surface area contributed by atoms with Crippen LogP contribution >= 0.6 is 0 Å². The molecule has 7 heteroatoms. The lowest BCUT2D eigenvalue weighted by Crippen LogP contribution is -2.52. The molecule has 1 saturated carbocycles. The molecule has 0 radical (unpaired) electrons. The summed E-state index contributed by atoms with van der Waals surface area (Å²) >= 11 is 0. The summed E-state index contributed by atoms with van der Waals surface area (Å²) in [6.45, 7) is 3.40. The first-order valence-corrected chi connectivity index (χ1v) is 11.0. The number of rotatable bonds is 8. The minimum Gasteiger partial charge on any atom is -0.508 e. The Morgan fingerprint density at radius 2 is 1.94 bits per heavy atom. The van der Waals surface area contributed by atoms with E-state index >= 15 is 0 Å². The van der Waals surface area contributed by atoms with Gasteiger partial charge < -0.3 is 19.6 Å². The fraction of sp³-hybridized carbons (Fsp3) is 0.360. The maximum Gasteiger partial charge on any atom is 0.246 e. The van der Waals surface area contributed by atoms with E-state index in [0.717, 1.165) is 47.2 Å². The van der Waals surface area contributed by atoms with Crippen molar-refractivity contribution in [1.29, 1.82) is 0 Å². The van der Waals surface area contributed by atoms with Gasteiger partial charge in [0.2, 0.25) is 5.91 Å². The fourth-order valence-electron chi connectivity index (χ4n) is 4.02. The number of ether oxygens (including phenoxy) is 1. The Balaban J connectivity index is 1.49. The molecule has 0 saturated heterocycles. The van der Waals surface area contributed by atoms with Gasteiger partial charge >= 0.3 is 0 Å². The molecule has 4 rings (SSSR count). The number of hydrogen-bond acceptors (Lipinski definition) is 5. The Hall–Kier alpha value is -3.32. The number of nitrogens with zero attached hydrogens (tertiary/aromatic N) is 3. The van der Waals surface area contributed by atoms with Gasteiger partial charge in [-0.15, -0.1) is 0 Å². The average molecular weight is 435 g/mol. The highest BCUT2D eigenvalue weighted by atomic mass is 16.5. The molecule has 1 aliphatic carbocycles. The van der Waals surface area contributed by atoms with Gasteiger partial charge in [-0.1, -0.05) is 18.2 Å². The number of amides is 1. The van der Waals surface area contributed by atoms with Crippen LogP contribution in [0.5, 0.6) is 11.5 Å².